The quantitative estimate of drug-likeness (QED) is 0.386. The first-order valence-electron chi connectivity index (χ1n) is 10.9. The molecule has 0 saturated carbocycles. The topological polar surface area (TPSA) is 59.2 Å². The van der Waals surface area contributed by atoms with Crippen LogP contribution in [-0.4, -0.2) is 24.0 Å². The van der Waals surface area contributed by atoms with Crippen LogP contribution in [0.5, 0.6) is 0 Å². The minimum absolute atomic E-state index is 0.0748. The molecule has 4 nitrogen and oxygen atoms in total. The van der Waals surface area contributed by atoms with E-state index in [2.05, 4.69) is 36.2 Å². The summed E-state index contributed by atoms with van der Waals surface area (Å²) < 4.78 is 5.58. The predicted octanol–water partition coefficient (Wildman–Crippen LogP) is 5.27. The number of nitrogens with one attached hydrogen (secondary N) is 1. The number of aromatic amines is 1. The summed E-state index contributed by atoms with van der Waals surface area (Å²) in [7, 11) is 0. The minimum atomic E-state index is -0.194. The third-order valence-corrected chi connectivity index (χ3v) is 5.40. The van der Waals surface area contributed by atoms with Crippen molar-refractivity contribution in [2.24, 2.45) is 5.92 Å². The Hall–Kier alpha value is -2.72. The van der Waals surface area contributed by atoms with Gasteiger partial charge in [0.05, 0.1) is 0 Å². The lowest BCUT2D eigenvalue weighted by Crippen LogP contribution is -2.19. The molecule has 1 aromatic heterocycles. The predicted molar refractivity (Wildman–Crippen MR) is 121 cm³/mol. The average molecular weight is 406 g/mol. The number of H-pyrrole nitrogens is 1. The van der Waals surface area contributed by atoms with Gasteiger partial charge < -0.3 is 9.72 Å². The molecular formula is C26H31NO3. The van der Waals surface area contributed by atoms with E-state index in [-0.39, 0.29) is 17.3 Å². The van der Waals surface area contributed by atoms with Crippen LogP contribution in [0.1, 0.15) is 54.9 Å². The van der Waals surface area contributed by atoms with Crippen molar-refractivity contribution in [1.29, 1.82) is 0 Å². The Kier molecular flexibility index (Phi) is 8.40. The maximum absolute atomic E-state index is 13.2. The van der Waals surface area contributed by atoms with Gasteiger partial charge in [-0.1, -0.05) is 60.6 Å². The van der Waals surface area contributed by atoms with Gasteiger partial charge in [-0.2, -0.15) is 0 Å². The molecule has 158 valence electrons. The molecule has 1 N–H and O–H groups in total. The van der Waals surface area contributed by atoms with E-state index in [4.69, 9.17) is 4.74 Å². The summed E-state index contributed by atoms with van der Waals surface area (Å²) in [6, 6.07) is 13.2. The normalized spacial score (nSPS) is 14.3. The largest absolute Gasteiger partial charge is 0.381 e. The molecular weight excluding hydrogens is 374 g/mol. The summed E-state index contributed by atoms with van der Waals surface area (Å²) in [5.74, 6) is -0.0844. The van der Waals surface area contributed by atoms with Crippen LogP contribution in [0.15, 0.2) is 76.8 Å². The summed E-state index contributed by atoms with van der Waals surface area (Å²) in [6.07, 6.45) is 11.5. The Morgan fingerprint density at radius 2 is 1.93 bits per heavy atom. The van der Waals surface area contributed by atoms with Crippen molar-refractivity contribution >= 4 is 5.78 Å². The van der Waals surface area contributed by atoms with Gasteiger partial charge >= 0.3 is 0 Å². The number of ketones is 1. The molecule has 1 aliphatic rings. The van der Waals surface area contributed by atoms with Crippen molar-refractivity contribution in [2.75, 3.05) is 13.2 Å². The number of hydrogen-bond acceptors (Lipinski definition) is 3. The highest BCUT2D eigenvalue weighted by Gasteiger charge is 2.23. The molecule has 0 bridgehead atoms. The smallest absolute Gasteiger partial charge is 0.247 e. The molecule has 4 heteroatoms. The summed E-state index contributed by atoms with van der Waals surface area (Å²) in [5, 5.41) is 0. The number of allylic oxidation sites excluding steroid dienone is 4. The number of Topliss-reactive ketones (excluding diaryl/α,β-unsaturated/α-hetero) is 1. The SMILES string of the molecule is CCCOCCCC1=CC(CC(Cc2ccccc2)C(=O)c2ccc(=O)[nH]c2)=CC1. The summed E-state index contributed by atoms with van der Waals surface area (Å²) in [6.45, 7) is 3.76. The van der Waals surface area contributed by atoms with Crippen LogP contribution in [0, 0.1) is 5.92 Å². The molecule has 0 radical (unpaired) electrons. The van der Waals surface area contributed by atoms with E-state index in [0.29, 0.717) is 18.4 Å². The van der Waals surface area contributed by atoms with Crippen molar-refractivity contribution in [1.82, 2.24) is 4.98 Å². The molecule has 3 rings (SSSR count). The number of carbonyl (C=O) groups excluding carboxylic acids is 1. The van der Waals surface area contributed by atoms with Crippen LogP contribution < -0.4 is 5.56 Å². The van der Waals surface area contributed by atoms with Gasteiger partial charge in [0, 0.05) is 37.0 Å². The van der Waals surface area contributed by atoms with Crippen LogP contribution in [0.25, 0.3) is 0 Å². The number of aromatic nitrogens is 1. The fourth-order valence-corrected chi connectivity index (χ4v) is 3.85. The van der Waals surface area contributed by atoms with Gasteiger partial charge in [-0.05, 0) is 50.2 Å². The number of carbonyl (C=O) groups is 1. The van der Waals surface area contributed by atoms with Crippen molar-refractivity contribution in [2.45, 2.75) is 45.4 Å². The number of benzene rings is 1. The van der Waals surface area contributed by atoms with E-state index >= 15 is 0 Å². The number of rotatable bonds is 12. The third-order valence-electron chi connectivity index (χ3n) is 5.40. The fourth-order valence-electron chi connectivity index (χ4n) is 3.85. The molecule has 1 aliphatic carbocycles. The van der Waals surface area contributed by atoms with E-state index in [0.717, 1.165) is 44.5 Å². The van der Waals surface area contributed by atoms with E-state index in [9.17, 15) is 9.59 Å². The Bertz CT molecular complexity index is 920. The molecule has 0 aliphatic heterocycles. The van der Waals surface area contributed by atoms with Gasteiger partial charge in [-0.15, -0.1) is 0 Å². The van der Waals surface area contributed by atoms with E-state index in [1.165, 1.54) is 23.4 Å². The van der Waals surface area contributed by atoms with Crippen molar-refractivity contribution in [3.63, 3.8) is 0 Å². The van der Waals surface area contributed by atoms with Crippen LogP contribution >= 0.6 is 0 Å². The lowest BCUT2D eigenvalue weighted by molar-refractivity contribution is 0.0918. The summed E-state index contributed by atoms with van der Waals surface area (Å²) >= 11 is 0. The van der Waals surface area contributed by atoms with Crippen LogP contribution in [-0.2, 0) is 11.2 Å². The maximum atomic E-state index is 13.2. The molecule has 0 fully saturated rings. The molecule has 0 saturated heterocycles. The highest BCUT2D eigenvalue weighted by Crippen LogP contribution is 2.29. The Labute approximate surface area is 178 Å². The Balaban J connectivity index is 1.66. The Morgan fingerprint density at radius 1 is 1.10 bits per heavy atom. The van der Waals surface area contributed by atoms with Crippen molar-refractivity contribution < 1.29 is 9.53 Å². The van der Waals surface area contributed by atoms with Gasteiger partial charge in [0.2, 0.25) is 5.56 Å². The van der Waals surface area contributed by atoms with E-state index < -0.39 is 0 Å². The third kappa shape index (κ3) is 6.67. The lowest BCUT2D eigenvalue weighted by atomic mass is 9.86. The first-order chi connectivity index (χ1) is 14.7. The lowest BCUT2D eigenvalue weighted by Gasteiger charge is -2.16. The molecule has 1 atom stereocenters. The second-order valence-corrected chi connectivity index (χ2v) is 7.90. The zero-order valence-corrected chi connectivity index (χ0v) is 17.7. The second-order valence-electron chi connectivity index (χ2n) is 7.90. The highest BCUT2D eigenvalue weighted by molar-refractivity contribution is 5.97. The number of ether oxygens (including phenoxy) is 1. The summed E-state index contributed by atoms with van der Waals surface area (Å²) in [4.78, 5) is 27.2. The average Bonchev–Trinajstić information content (AvgIpc) is 3.21. The van der Waals surface area contributed by atoms with Gasteiger partial charge in [0.15, 0.2) is 5.78 Å². The first-order valence-corrected chi connectivity index (χ1v) is 10.9. The first kappa shape index (κ1) is 22.0. The monoisotopic (exact) mass is 405 g/mol. The zero-order chi connectivity index (χ0) is 21.2. The van der Waals surface area contributed by atoms with Crippen molar-refractivity contribution in [3.05, 3.63) is 93.4 Å². The minimum Gasteiger partial charge on any atom is -0.381 e. The molecule has 0 amide bonds. The Morgan fingerprint density at radius 3 is 2.67 bits per heavy atom. The molecule has 1 aromatic carbocycles. The molecule has 30 heavy (non-hydrogen) atoms. The van der Waals surface area contributed by atoms with Gasteiger partial charge in [0.25, 0.3) is 0 Å². The van der Waals surface area contributed by atoms with Gasteiger partial charge in [-0.25, -0.2) is 0 Å². The van der Waals surface area contributed by atoms with E-state index in [1.807, 2.05) is 18.2 Å². The van der Waals surface area contributed by atoms with E-state index in [1.54, 1.807) is 6.07 Å². The number of hydrogen-bond donors (Lipinski definition) is 1. The van der Waals surface area contributed by atoms with Gasteiger partial charge in [-0.3, -0.25) is 9.59 Å². The fraction of sp³-hybridized carbons (Fsp3) is 0.385. The zero-order valence-electron chi connectivity index (χ0n) is 17.7. The molecule has 0 spiro atoms. The molecule has 2 aromatic rings. The molecule has 1 heterocycles. The number of pyridine rings is 1. The standard InChI is InChI=1S/C26H31NO3/c1-2-14-30-15-6-9-21-10-11-22(16-21)18-24(17-20-7-4-3-5-8-20)26(29)23-12-13-25(28)27-19-23/h3-5,7-8,11-13,16,19,24H,2,6,9-10,14-15,17-18H2,1H3,(H,27,28). The summed E-state index contributed by atoms with van der Waals surface area (Å²) in [5.41, 5.74) is 4.17. The maximum Gasteiger partial charge on any atom is 0.247 e. The van der Waals surface area contributed by atoms with Crippen LogP contribution in [0.2, 0.25) is 0 Å². The molecule has 1 unspecified atom stereocenters. The second kappa shape index (κ2) is 11.5. The van der Waals surface area contributed by atoms with Crippen LogP contribution in [0.3, 0.4) is 0 Å². The van der Waals surface area contributed by atoms with Gasteiger partial charge in [0.1, 0.15) is 0 Å². The van der Waals surface area contributed by atoms with Crippen molar-refractivity contribution in [3.8, 4) is 0 Å². The van der Waals surface area contributed by atoms with Crippen LogP contribution in [0.4, 0.5) is 0 Å². The highest BCUT2D eigenvalue weighted by atomic mass is 16.5.